The molecule has 1 aromatic heterocycles. The van der Waals surface area contributed by atoms with Crippen molar-refractivity contribution in [1.29, 1.82) is 0 Å². The molecule has 1 aliphatic heterocycles. The van der Waals surface area contributed by atoms with Crippen molar-refractivity contribution in [3.05, 3.63) is 53.2 Å². The highest BCUT2D eigenvalue weighted by atomic mass is 19.3. The van der Waals surface area contributed by atoms with E-state index in [9.17, 15) is 13.6 Å². The van der Waals surface area contributed by atoms with Gasteiger partial charge in [-0.25, -0.2) is 8.78 Å². The van der Waals surface area contributed by atoms with Crippen molar-refractivity contribution in [3.63, 3.8) is 0 Å². The third-order valence-electron chi connectivity index (χ3n) is 4.33. The molecule has 1 saturated heterocycles. The Kier molecular flexibility index (Phi) is 5.21. The van der Waals surface area contributed by atoms with Gasteiger partial charge in [0.1, 0.15) is 0 Å². The van der Waals surface area contributed by atoms with Crippen LogP contribution in [0.4, 0.5) is 14.6 Å². The van der Waals surface area contributed by atoms with Gasteiger partial charge >= 0.3 is 0 Å². The molecule has 1 aromatic carbocycles. The van der Waals surface area contributed by atoms with E-state index in [2.05, 4.69) is 15.1 Å². The number of alkyl halides is 2. The third-order valence-corrected chi connectivity index (χ3v) is 4.33. The van der Waals surface area contributed by atoms with Crippen LogP contribution in [0.1, 0.15) is 23.2 Å². The Labute approximate surface area is 145 Å². The summed E-state index contributed by atoms with van der Waals surface area (Å²) < 4.78 is 25.1. The standard InChI is InChI=1S/C18H20F2N4O/c1-13-2-7-16(22-21-13)23-8-10-24(11-9-23)17(25)12-14-3-5-15(6-4-14)18(19)20/h2-7,18H,8-12H2,1H3. The summed E-state index contributed by atoms with van der Waals surface area (Å²) in [5, 5.41) is 8.23. The lowest BCUT2D eigenvalue weighted by atomic mass is 10.1. The summed E-state index contributed by atoms with van der Waals surface area (Å²) in [5.74, 6) is 0.833. The number of aromatic nitrogens is 2. The van der Waals surface area contributed by atoms with Crippen molar-refractivity contribution in [2.45, 2.75) is 19.8 Å². The van der Waals surface area contributed by atoms with Gasteiger partial charge in [-0.3, -0.25) is 4.79 Å². The lowest BCUT2D eigenvalue weighted by Gasteiger charge is -2.35. The first-order valence-electron chi connectivity index (χ1n) is 8.23. The van der Waals surface area contributed by atoms with Crippen molar-refractivity contribution < 1.29 is 13.6 Å². The maximum atomic E-state index is 12.6. The van der Waals surface area contributed by atoms with Gasteiger partial charge < -0.3 is 9.80 Å². The number of nitrogens with zero attached hydrogens (tertiary/aromatic N) is 4. The van der Waals surface area contributed by atoms with Crippen molar-refractivity contribution in [1.82, 2.24) is 15.1 Å². The van der Waals surface area contributed by atoms with Gasteiger partial charge in [-0.2, -0.15) is 5.10 Å². The molecular formula is C18H20F2N4O. The maximum absolute atomic E-state index is 12.6. The van der Waals surface area contributed by atoms with Crippen molar-refractivity contribution >= 4 is 11.7 Å². The van der Waals surface area contributed by atoms with E-state index in [0.29, 0.717) is 26.2 Å². The fourth-order valence-corrected chi connectivity index (χ4v) is 2.81. The van der Waals surface area contributed by atoms with E-state index < -0.39 is 6.43 Å². The summed E-state index contributed by atoms with van der Waals surface area (Å²) in [4.78, 5) is 16.3. The van der Waals surface area contributed by atoms with Crippen LogP contribution in [0, 0.1) is 6.92 Å². The second-order valence-corrected chi connectivity index (χ2v) is 6.12. The van der Waals surface area contributed by atoms with Gasteiger partial charge in [-0.05, 0) is 24.6 Å². The minimum atomic E-state index is -2.48. The first kappa shape index (κ1) is 17.3. The number of anilines is 1. The molecule has 0 aliphatic carbocycles. The van der Waals surface area contributed by atoms with Crippen LogP contribution >= 0.6 is 0 Å². The van der Waals surface area contributed by atoms with E-state index in [-0.39, 0.29) is 17.9 Å². The zero-order chi connectivity index (χ0) is 17.8. The molecule has 7 heteroatoms. The summed E-state index contributed by atoms with van der Waals surface area (Å²) in [6.45, 7) is 4.52. The van der Waals surface area contributed by atoms with Gasteiger partial charge in [0, 0.05) is 31.7 Å². The summed E-state index contributed by atoms with van der Waals surface area (Å²) >= 11 is 0. The molecule has 3 rings (SSSR count). The summed E-state index contributed by atoms with van der Waals surface area (Å²) in [7, 11) is 0. The van der Waals surface area contributed by atoms with Crippen molar-refractivity contribution in [2.24, 2.45) is 0 Å². The second-order valence-electron chi connectivity index (χ2n) is 6.12. The lowest BCUT2D eigenvalue weighted by Crippen LogP contribution is -2.49. The molecule has 2 aromatic rings. The molecule has 0 atom stereocenters. The zero-order valence-electron chi connectivity index (χ0n) is 14.0. The van der Waals surface area contributed by atoms with Crippen LogP contribution in [-0.4, -0.2) is 47.2 Å². The number of amides is 1. The van der Waals surface area contributed by atoms with Crippen LogP contribution in [0.3, 0.4) is 0 Å². The molecule has 0 saturated carbocycles. The molecule has 0 unspecified atom stereocenters. The fourth-order valence-electron chi connectivity index (χ4n) is 2.81. The first-order chi connectivity index (χ1) is 12.0. The Balaban J connectivity index is 1.53. The summed E-state index contributed by atoms with van der Waals surface area (Å²) in [5.41, 5.74) is 1.60. The molecular weight excluding hydrogens is 326 g/mol. The van der Waals surface area contributed by atoms with Gasteiger partial charge in [0.25, 0.3) is 6.43 Å². The molecule has 5 nitrogen and oxygen atoms in total. The van der Waals surface area contributed by atoms with Crippen LogP contribution < -0.4 is 4.90 Å². The van der Waals surface area contributed by atoms with E-state index in [1.165, 1.54) is 12.1 Å². The number of carbonyl (C=O) groups excluding carboxylic acids is 1. The molecule has 2 heterocycles. The van der Waals surface area contributed by atoms with Crippen LogP contribution in [0.2, 0.25) is 0 Å². The molecule has 1 fully saturated rings. The second kappa shape index (κ2) is 7.55. The quantitative estimate of drug-likeness (QED) is 0.854. The van der Waals surface area contributed by atoms with Gasteiger partial charge in [0.05, 0.1) is 12.1 Å². The molecule has 0 N–H and O–H groups in total. The topological polar surface area (TPSA) is 49.3 Å². The highest BCUT2D eigenvalue weighted by Gasteiger charge is 2.22. The van der Waals surface area contributed by atoms with E-state index in [4.69, 9.17) is 0 Å². The number of hydrogen-bond donors (Lipinski definition) is 0. The van der Waals surface area contributed by atoms with Crippen molar-refractivity contribution in [2.75, 3.05) is 31.1 Å². The normalized spacial score (nSPS) is 14.9. The molecule has 132 valence electrons. The van der Waals surface area contributed by atoms with Crippen molar-refractivity contribution in [3.8, 4) is 0 Å². The molecule has 1 aliphatic rings. The molecule has 1 amide bonds. The van der Waals surface area contributed by atoms with E-state index in [1.807, 2.05) is 19.1 Å². The average Bonchev–Trinajstić information content (AvgIpc) is 2.63. The monoisotopic (exact) mass is 346 g/mol. The lowest BCUT2D eigenvalue weighted by molar-refractivity contribution is -0.130. The van der Waals surface area contributed by atoms with Crippen LogP contribution in [0.25, 0.3) is 0 Å². The SMILES string of the molecule is Cc1ccc(N2CCN(C(=O)Cc3ccc(C(F)F)cc3)CC2)nn1. The molecule has 0 spiro atoms. The Hall–Kier alpha value is -2.57. The number of benzene rings is 1. The van der Waals surface area contributed by atoms with Crippen LogP contribution in [0.5, 0.6) is 0 Å². The number of halogens is 2. The Morgan fingerprint density at radius 3 is 2.28 bits per heavy atom. The minimum absolute atomic E-state index is 0.0134. The molecule has 0 bridgehead atoms. The Morgan fingerprint density at radius 1 is 1.04 bits per heavy atom. The molecule has 25 heavy (non-hydrogen) atoms. The van der Waals surface area contributed by atoms with E-state index in [0.717, 1.165) is 17.1 Å². The Bertz CT molecular complexity index is 711. The predicted octanol–water partition coefficient (Wildman–Crippen LogP) is 2.61. The summed E-state index contributed by atoms with van der Waals surface area (Å²) in [6, 6.07) is 9.80. The summed E-state index contributed by atoms with van der Waals surface area (Å²) in [6.07, 6.45) is -2.25. The van der Waals surface area contributed by atoms with Gasteiger partial charge in [0.2, 0.25) is 5.91 Å². The fraction of sp³-hybridized carbons (Fsp3) is 0.389. The van der Waals surface area contributed by atoms with Crippen LogP contribution in [-0.2, 0) is 11.2 Å². The average molecular weight is 346 g/mol. The number of piperazine rings is 1. The van der Waals surface area contributed by atoms with Gasteiger partial charge in [0.15, 0.2) is 5.82 Å². The Morgan fingerprint density at radius 2 is 1.72 bits per heavy atom. The maximum Gasteiger partial charge on any atom is 0.263 e. The number of carbonyl (C=O) groups is 1. The predicted molar refractivity (Wildman–Crippen MR) is 90.7 cm³/mol. The third kappa shape index (κ3) is 4.29. The van der Waals surface area contributed by atoms with Gasteiger partial charge in [-0.1, -0.05) is 24.3 Å². The minimum Gasteiger partial charge on any atom is -0.352 e. The number of aryl methyl sites for hydroxylation is 1. The zero-order valence-corrected chi connectivity index (χ0v) is 14.0. The largest absolute Gasteiger partial charge is 0.352 e. The van der Waals surface area contributed by atoms with Gasteiger partial charge in [-0.15, -0.1) is 5.10 Å². The van der Waals surface area contributed by atoms with E-state index in [1.54, 1.807) is 17.0 Å². The van der Waals surface area contributed by atoms with E-state index >= 15 is 0 Å². The highest BCUT2D eigenvalue weighted by Crippen LogP contribution is 2.19. The van der Waals surface area contributed by atoms with Crippen LogP contribution in [0.15, 0.2) is 36.4 Å². The first-order valence-corrected chi connectivity index (χ1v) is 8.23. The number of rotatable bonds is 4. The smallest absolute Gasteiger partial charge is 0.263 e. The highest BCUT2D eigenvalue weighted by molar-refractivity contribution is 5.79. The number of hydrogen-bond acceptors (Lipinski definition) is 4. The molecule has 0 radical (unpaired) electrons.